The standard InChI is InChI=1S/C16H16BrClO3/c1-9-6-14(20-2)15(21-3)8-12(9)16(19)11-5-4-10(17)7-13(11)18/h4-8,16,19H,1-3H3. The highest BCUT2D eigenvalue weighted by Crippen LogP contribution is 2.37. The van der Waals surface area contributed by atoms with Gasteiger partial charge >= 0.3 is 0 Å². The van der Waals surface area contributed by atoms with Crippen molar-refractivity contribution in [1.82, 2.24) is 0 Å². The highest BCUT2D eigenvalue weighted by Gasteiger charge is 2.19. The Balaban J connectivity index is 2.50. The van der Waals surface area contributed by atoms with Gasteiger partial charge in [0.2, 0.25) is 0 Å². The van der Waals surface area contributed by atoms with Crippen molar-refractivity contribution >= 4 is 27.5 Å². The number of aliphatic hydroxyl groups excluding tert-OH is 1. The number of hydrogen-bond acceptors (Lipinski definition) is 3. The molecule has 1 unspecified atom stereocenters. The molecule has 21 heavy (non-hydrogen) atoms. The van der Waals surface area contributed by atoms with Crippen LogP contribution in [0.1, 0.15) is 22.8 Å². The van der Waals surface area contributed by atoms with Crippen molar-refractivity contribution in [2.75, 3.05) is 14.2 Å². The molecule has 0 radical (unpaired) electrons. The Bertz CT molecular complexity index is 658. The number of hydrogen-bond donors (Lipinski definition) is 1. The summed E-state index contributed by atoms with van der Waals surface area (Å²) in [4.78, 5) is 0. The van der Waals surface area contributed by atoms with Crippen molar-refractivity contribution in [2.45, 2.75) is 13.0 Å². The van der Waals surface area contributed by atoms with Crippen LogP contribution in [0, 0.1) is 6.92 Å². The van der Waals surface area contributed by atoms with Crippen LogP contribution in [-0.4, -0.2) is 19.3 Å². The smallest absolute Gasteiger partial charge is 0.161 e. The largest absolute Gasteiger partial charge is 0.493 e. The third-order valence-electron chi connectivity index (χ3n) is 3.32. The van der Waals surface area contributed by atoms with E-state index in [1.165, 1.54) is 0 Å². The van der Waals surface area contributed by atoms with Gasteiger partial charge in [-0.1, -0.05) is 33.6 Å². The molecule has 0 bridgehead atoms. The van der Waals surface area contributed by atoms with Crippen LogP contribution >= 0.6 is 27.5 Å². The predicted molar refractivity (Wildman–Crippen MR) is 87.5 cm³/mol. The second-order valence-corrected chi connectivity index (χ2v) is 5.96. The van der Waals surface area contributed by atoms with Gasteiger partial charge in [-0.05, 0) is 42.3 Å². The fourth-order valence-corrected chi connectivity index (χ4v) is 2.96. The monoisotopic (exact) mass is 370 g/mol. The number of benzene rings is 2. The van der Waals surface area contributed by atoms with Crippen LogP contribution < -0.4 is 9.47 Å². The van der Waals surface area contributed by atoms with Crippen LogP contribution in [-0.2, 0) is 0 Å². The van der Waals surface area contributed by atoms with Crippen molar-refractivity contribution in [2.24, 2.45) is 0 Å². The van der Waals surface area contributed by atoms with E-state index >= 15 is 0 Å². The molecule has 0 aliphatic rings. The molecule has 0 spiro atoms. The van der Waals surface area contributed by atoms with E-state index in [2.05, 4.69) is 15.9 Å². The van der Waals surface area contributed by atoms with Crippen molar-refractivity contribution in [3.8, 4) is 11.5 Å². The molecule has 0 aromatic heterocycles. The molecule has 0 aliphatic carbocycles. The van der Waals surface area contributed by atoms with E-state index in [-0.39, 0.29) is 0 Å². The quantitative estimate of drug-likeness (QED) is 0.859. The SMILES string of the molecule is COc1cc(C)c(C(O)c2ccc(Br)cc2Cl)cc1OC. The van der Waals surface area contributed by atoms with E-state index in [1.54, 1.807) is 32.4 Å². The minimum Gasteiger partial charge on any atom is -0.493 e. The average molecular weight is 372 g/mol. The van der Waals surface area contributed by atoms with Gasteiger partial charge in [0.15, 0.2) is 11.5 Å². The summed E-state index contributed by atoms with van der Waals surface area (Å²) < 4.78 is 11.4. The normalized spacial score (nSPS) is 12.1. The van der Waals surface area contributed by atoms with Gasteiger partial charge in [0.1, 0.15) is 6.10 Å². The fraction of sp³-hybridized carbons (Fsp3) is 0.250. The van der Waals surface area contributed by atoms with E-state index in [0.29, 0.717) is 22.1 Å². The molecular formula is C16H16BrClO3. The van der Waals surface area contributed by atoms with Gasteiger partial charge in [-0.3, -0.25) is 0 Å². The zero-order valence-electron chi connectivity index (χ0n) is 12.0. The number of aliphatic hydroxyl groups is 1. The topological polar surface area (TPSA) is 38.7 Å². The first-order valence-corrected chi connectivity index (χ1v) is 7.50. The first-order valence-electron chi connectivity index (χ1n) is 6.33. The molecular weight excluding hydrogens is 356 g/mol. The highest BCUT2D eigenvalue weighted by molar-refractivity contribution is 9.10. The summed E-state index contributed by atoms with van der Waals surface area (Å²) >= 11 is 9.57. The molecule has 0 amide bonds. The molecule has 2 aromatic carbocycles. The van der Waals surface area contributed by atoms with E-state index < -0.39 is 6.10 Å². The first kappa shape index (κ1) is 16.1. The summed E-state index contributed by atoms with van der Waals surface area (Å²) in [6, 6.07) is 9.02. The van der Waals surface area contributed by atoms with Crippen LogP contribution in [0.3, 0.4) is 0 Å². The molecule has 3 nitrogen and oxygen atoms in total. The third-order valence-corrected chi connectivity index (χ3v) is 4.14. The van der Waals surface area contributed by atoms with Gasteiger partial charge in [0.05, 0.1) is 14.2 Å². The maximum absolute atomic E-state index is 10.6. The molecule has 0 saturated heterocycles. The van der Waals surface area contributed by atoms with Gasteiger partial charge in [-0.15, -0.1) is 0 Å². The Morgan fingerprint density at radius 2 is 1.67 bits per heavy atom. The Kier molecular flexibility index (Phi) is 5.14. The van der Waals surface area contributed by atoms with Gasteiger partial charge in [0.25, 0.3) is 0 Å². The molecule has 0 aliphatic heterocycles. The van der Waals surface area contributed by atoms with Crippen LogP contribution in [0.2, 0.25) is 5.02 Å². The number of halogens is 2. The average Bonchev–Trinajstić information content (AvgIpc) is 2.46. The lowest BCUT2D eigenvalue weighted by Gasteiger charge is -2.18. The molecule has 0 fully saturated rings. The van der Waals surface area contributed by atoms with Gasteiger partial charge in [-0.2, -0.15) is 0 Å². The lowest BCUT2D eigenvalue weighted by Crippen LogP contribution is -2.04. The number of ether oxygens (including phenoxy) is 2. The Labute approximate surface area is 137 Å². The van der Waals surface area contributed by atoms with Crippen molar-refractivity contribution in [3.05, 3.63) is 56.5 Å². The molecule has 2 rings (SSSR count). The predicted octanol–water partition coefficient (Wildman–Crippen LogP) is 4.51. The van der Waals surface area contributed by atoms with Gasteiger partial charge < -0.3 is 14.6 Å². The molecule has 112 valence electrons. The maximum Gasteiger partial charge on any atom is 0.161 e. The molecule has 1 atom stereocenters. The minimum absolute atomic E-state index is 0.506. The molecule has 2 aromatic rings. The van der Waals surface area contributed by atoms with E-state index in [4.69, 9.17) is 21.1 Å². The van der Waals surface area contributed by atoms with Crippen LogP contribution in [0.15, 0.2) is 34.8 Å². The highest BCUT2D eigenvalue weighted by atomic mass is 79.9. The lowest BCUT2D eigenvalue weighted by molar-refractivity contribution is 0.218. The number of methoxy groups -OCH3 is 2. The fourth-order valence-electron chi connectivity index (χ4n) is 2.18. The zero-order chi connectivity index (χ0) is 15.6. The van der Waals surface area contributed by atoms with Gasteiger partial charge in [0, 0.05) is 15.1 Å². The lowest BCUT2D eigenvalue weighted by atomic mass is 9.97. The van der Waals surface area contributed by atoms with Crippen LogP contribution in [0.5, 0.6) is 11.5 Å². The van der Waals surface area contributed by atoms with Crippen LogP contribution in [0.4, 0.5) is 0 Å². The van der Waals surface area contributed by atoms with Crippen LogP contribution in [0.25, 0.3) is 0 Å². The molecule has 1 N–H and O–H groups in total. The van der Waals surface area contributed by atoms with Crippen molar-refractivity contribution < 1.29 is 14.6 Å². The first-order chi connectivity index (χ1) is 9.97. The summed E-state index contributed by atoms with van der Waals surface area (Å²) in [5, 5.41) is 11.1. The molecule has 0 saturated carbocycles. The summed E-state index contributed by atoms with van der Waals surface area (Å²) in [6.45, 7) is 1.91. The zero-order valence-corrected chi connectivity index (χ0v) is 14.3. The maximum atomic E-state index is 10.6. The second kappa shape index (κ2) is 6.69. The second-order valence-electron chi connectivity index (χ2n) is 4.63. The number of aryl methyl sites for hydroxylation is 1. The Hall–Kier alpha value is -1.23. The summed E-state index contributed by atoms with van der Waals surface area (Å²) in [5.74, 6) is 1.21. The van der Waals surface area contributed by atoms with E-state index in [0.717, 1.165) is 15.6 Å². The Morgan fingerprint density at radius 3 is 2.24 bits per heavy atom. The van der Waals surface area contributed by atoms with Crippen molar-refractivity contribution in [1.29, 1.82) is 0 Å². The summed E-state index contributed by atoms with van der Waals surface area (Å²) in [6.07, 6.45) is -0.828. The third kappa shape index (κ3) is 3.34. The minimum atomic E-state index is -0.828. The van der Waals surface area contributed by atoms with Gasteiger partial charge in [-0.25, -0.2) is 0 Å². The Morgan fingerprint density at radius 1 is 1.05 bits per heavy atom. The molecule has 5 heteroatoms. The van der Waals surface area contributed by atoms with Crippen molar-refractivity contribution in [3.63, 3.8) is 0 Å². The molecule has 0 heterocycles. The van der Waals surface area contributed by atoms with E-state index in [1.807, 2.05) is 19.1 Å². The summed E-state index contributed by atoms with van der Waals surface area (Å²) in [7, 11) is 3.15. The van der Waals surface area contributed by atoms with E-state index in [9.17, 15) is 5.11 Å². The summed E-state index contributed by atoms with van der Waals surface area (Å²) in [5.41, 5.74) is 2.28. The number of rotatable bonds is 4.